The molecule has 1 unspecified atom stereocenters. The van der Waals surface area contributed by atoms with Crippen LogP contribution in [0.1, 0.15) is 32.1 Å². The molecular formula is C12H22N2O2. The van der Waals surface area contributed by atoms with Gasteiger partial charge in [0.25, 0.3) is 0 Å². The number of ether oxygens (including phenoxy) is 1. The molecule has 4 nitrogen and oxygen atoms in total. The fourth-order valence-corrected chi connectivity index (χ4v) is 2.52. The van der Waals surface area contributed by atoms with E-state index in [0.717, 1.165) is 51.9 Å². The van der Waals surface area contributed by atoms with E-state index >= 15 is 0 Å². The first-order chi connectivity index (χ1) is 7.77. The maximum atomic E-state index is 12.0. The van der Waals surface area contributed by atoms with Crippen molar-refractivity contribution in [3.63, 3.8) is 0 Å². The van der Waals surface area contributed by atoms with Gasteiger partial charge in [-0.15, -0.1) is 0 Å². The molecule has 92 valence electrons. The van der Waals surface area contributed by atoms with E-state index in [2.05, 4.69) is 5.32 Å². The molecule has 16 heavy (non-hydrogen) atoms. The van der Waals surface area contributed by atoms with Crippen molar-refractivity contribution in [1.29, 1.82) is 0 Å². The lowest BCUT2D eigenvalue weighted by Gasteiger charge is -2.39. The third-order valence-corrected chi connectivity index (χ3v) is 3.99. The summed E-state index contributed by atoms with van der Waals surface area (Å²) in [6, 6.07) is 0. The topological polar surface area (TPSA) is 64.4 Å². The second-order valence-electron chi connectivity index (χ2n) is 5.13. The average Bonchev–Trinajstić information content (AvgIpc) is 2.27. The number of hydrogen-bond donors (Lipinski definition) is 2. The second kappa shape index (κ2) is 5.15. The number of amides is 1. The quantitative estimate of drug-likeness (QED) is 0.740. The molecule has 3 N–H and O–H groups in total. The standard InChI is InChI=1S/C12H22N2O2/c13-9-12(4-2-5-12)11(15)14-7-10-3-1-6-16-8-10/h10H,1-9,13H2,(H,14,15). The van der Waals surface area contributed by atoms with E-state index in [-0.39, 0.29) is 11.3 Å². The summed E-state index contributed by atoms with van der Waals surface area (Å²) in [4.78, 5) is 12.0. The summed E-state index contributed by atoms with van der Waals surface area (Å²) in [6.45, 7) is 2.90. The van der Waals surface area contributed by atoms with Crippen LogP contribution in [0.4, 0.5) is 0 Å². The Bertz CT molecular complexity index is 240. The SMILES string of the molecule is NCC1(C(=O)NCC2CCCOC2)CCC1. The highest BCUT2D eigenvalue weighted by Gasteiger charge is 2.42. The Balaban J connectivity index is 1.74. The van der Waals surface area contributed by atoms with Crippen LogP contribution in [0.3, 0.4) is 0 Å². The van der Waals surface area contributed by atoms with E-state index in [4.69, 9.17) is 10.5 Å². The van der Waals surface area contributed by atoms with Crippen LogP contribution in [0, 0.1) is 11.3 Å². The van der Waals surface area contributed by atoms with Crippen molar-refractivity contribution >= 4 is 5.91 Å². The molecule has 2 aliphatic rings. The minimum absolute atomic E-state index is 0.159. The Morgan fingerprint density at radius 3 is 2.75 bits per heavy atom. The van der Waals surface area contributed by atoms with Crippen molar-refractivity contribution in [2.45, 2.75) is 32.1 Å². The van der Waals surface area contributed by atoms with Gasteiger partial charge < -0.3 is 15.8 Å². The first-order valence-corrected chi connectivity index (χ1v) is 6.33. The molecule has 1 aliphatic heterocycles. The summed E-state index contributed by atoms with van der Waals surface area (Å²) in [6.07, 6.45) is 5.32. The van der Waals surface area contributed by atoms with E-state index in [1.807, 2.05) is 0 Å². The predicted octanol–water partition coefficient (Wildman–Crippen LogP) is 0.658. The first-order valence-electron chi connectivity index (χ1n) is 6.33. The number of rotatable bonds is 4. The van der Waals surface area contributed by atoms with Crippen LogP contribution in [0.5, 0.6) is 0 Å². The van der Waals surface area contributed by atoms with Gasteiger partial charge in [0.15, 0.2) is 0 Å². The zero-order valence-corrected chi connectivity index (χ0v) is 9.84. The van der Waals surface area contributed by atoms with Crippen LogP contribution in [0.25, 0.3) is 0 Å². The van der Waals surface area contributed by atoms with E-state index in [0.29, 0.717) is 12.5 Å². The Kier molecular flexibility index (Phi) is 3.82. The normalized spacial score (nSPS) is 28.2. The van der Waals surface area contributed by atoms with Gasteiger partial charge in [-0.25, -0.2) is 0 Å². The van der Waals surface area contributed by atoms with E-state index in [9.17, 15) is 4.79 Å². The molecule has 1 atom stereocenters. The lowest BCUT2D eigenvalue weighted by Crippen LogP contribution is -2.51. The van der Waals surface area contributed by atoms with Gasteiger partial charge in [0.05, 0.1) is 12.0 Å². The van der Waals surface area contributed by atoms with E-state index in [1.54, 1.807) is 0 Å². The van der Waals surface area contributed by atoms with Crippen LogP contribution < -0.4 is 11.1 Å². The Morgan fingerprint density at radius 2 is 2.25 bits per heavy atom. The van der Waals surface area contributed by atoms with Crippen molar-refractivity contribution in [2.24, 2.45) is 17.1 Å². The van der Waals surface area contributed by atoms with Crippen molar-refractivity contribution in [1.82, 2.24) is 5.32 Å². The van der Waals surface area contributed by atoms with Crippen molar-refractivity contribution in [2.75, 3.05) is 26.3 Å². The molecule has 1 saturated carbocycles. The molecule has 1 heterocycles. The Morgan fingerprint density at radius 1 is 1.44 bits per heavy atom. The molecule has 4 heteroatoms. The molecule has 0 spiro atoms. The van der Waals surface area contributed by atoms with Crippen LogP contribution in [-0.4, -0.2) is 32.2 Å². The summed E-state index contributed by atoms with van der Waals surface area (Å²) in [5, 5.41) is 3.05. The highest BCUT2D eigenvalue weighted by molar-refractivity contribution is 5.83. The van der Waals surface area contributed by atoms with Gasteiger partial charge in [-0.1, -0.05) is 6.42 Å². The molecular weight excluding hydrogens is 204 g/mol. The number of nitrogens with two attached hydrogens (primary N) is 1. The van der Waals surface area contributed by atoms with Crippen LogP contribution in [0.2, 0.25) is 0 Å². The zero-order valence-electron chi connectivity index (χ0n) is 9.84. The van der Waals surface area contributed by atoms with E-state index < -0.39 is 0 Å². The number of carbonyl (C=O) groups is 1. The number of nitrogens with one attached hydrogen (secondary N) is 1. The molecule has 1 amide bonds. The monoisotopic (exact) mass is 226 g/mol. The van der Waals surface area contributed by atoms with E-state index in [1.165, 1.54) is 0 Å². The maximum Gasteiger partial charge on any atom is 0.227 e. The summed E-state index contributed by atoms with van der Waals surface area (Å²) in [7, 11) is 0. The highest BCUT2D eigenvalue weighted by Crippen LogP contribution is 2.40. The van der Waals surface area contributed by atoms with Gasteiger partial charge in [0, 0.05) is 19.7 Å². The van der Waals surface area contributed by atoms with Gasteiger partial charge in [-0.2, -0.15) is 0 Å². The molecule has 2 rings (SSSR count). The molecule has 1 saturated heterocycles. The molecule has 2 fully saturated rings. The number of carbonyl (C=O) groups excluding carboxylic acids is 1. The van der Waals surface area contributed by atoms with Gasteiger partial charge in [-0.3, -0.25) is 4.79 Å². The van der Waals surface area contributed by atoms with Gasteiger partial charge >= 0.3 is 0 Å². The summed E-state index contributed by atoms with van der Waals surface area (Å²) < 4.78 is 5.39. The van der Waals surface area contributed by atoms with Crippen LogP contribution in [-0.2, 0) is 9.53 Å². The average molecular weight is 226 g/mol. The molecule has 0 aromatic rings. The minimum Gasteiger partial charge on any atom is -0.381 e. The van der Waals surface area contributed by atoms with Crippen LogP contribution in [0.15, 0.2) is 0 Å². The largest absolute Gasteiger partial charge is 0.381 e. The molecule has 0 aromatic carbocycles. The van der Waals surface area contributed by atoms with Crippen molar-refractivity contribution < 1.29 is 9.53 Å². The number of hydrogen-bond acceptors (Lipinski definition) is 3. The van der Waals surface area contributed by atoms with Gasteiger partial charge in [0.1, 0.15) is 0 Å². The summed E-state index contributed by atoms with van der Waals surface area (Å²) >= 11 is 0. The highest BCUT2D eigenvalue weighted by atomic mass is 16.5. The fraction of sp³-hybridized carbons (Fsp3) is 0.917. The third-order valence-electron chi connectivity index (χ3n) is 3.99. The second-order valence-corrected chi connectivity index (χ2v) is 5.13. The fourth-order valence-electron chi connectivity index (χ4n) is 2.52. The van der Waals surface area contributed by atoms with Gasteiger partial charge in [-0.05, 0) is 31.6 Å². The molecule has 0 radical (unpaired) electrons. The van der Waals surface area contributed by atoms with Gasteiger partial charge in [0.2, 0.25) is 5.91 Å². The first kappa shape index (κ1) is 11.9. The lowest BCUT2D eigenvalue weighted by atomic mass is 9.68. The summed E-state index contributed by atoms with van der Waals surface area (Å²) in [5.41, 5.74) is 5.45. The third kappa shape index (κ3) is 2.38. The minimum atomic E-state index is -0.241. The van der Waals surface area contributed by atoms with Crippen LogP contribution >= 0.6 is 0 Å². The molecule has 0 aromatic heterocycles. The maximum absolute atomic E-state index is 12.0. The zero-order chi connectivity index (χ0) is 11.4. The molecule has 0 bridgehead atoms. The predicted molar refractivity (Wildman–Crippen MR) is 61.9 cm³/mol. The van der Waals surface area contributed by atoms with Crippen molar-refractivity contribution in [3.8, 4) is 0 Å². The Labute approximate surface area is 96.9 Å². The smallest absolute Gasteiger partial charge is 0.227 e. The Hall–Kier alpha value is -0.610. The summed E-state index contributed by atoms with van der Waals surface area (Å²) in [5.74, 6) is 0.652. The lowest BCUT2D eigenvalue weighted by molar-refractivity contribution is -0.135. The van der Waals surface area contributed by atoms with Crippen molar-refractivity contribution in [3.05, 3.63) is 0 Å². The molecule has 1 aliphatic carbocycles.